The molecule has 0 saturated carbocycles. The van der Waals surface area contributed by atoms with E-state index in [-0.39, 0.29) is 17.3 Å². The van der Waals surface area contributed by atoms with Crippen LogP contribution >= 0.6 is 12.4 Å². The van der Waals surface area contributed by atoms with Gasteiger partial charge in [0.2, 0.25) is 0 Å². The number of hydrogen-bond donors (Lipinski definition) is 1. The van der Waals surface area contributed by atoms with Gasteiger partial charge in [0.1, 0.15) is 11.7 Å². The van der Waals surface area contributed by atoms with E-state index in [4.69, 9.17) is 0 Å². The highest BCUT2D eigenvalue weighted by molar-refractivity contribution is 7.91. The number of aliphatic imine (C=N–C) groups is 1. The van der Waals surface area contributed by atoms with Gasteiger partial charge in [-0.25, -0.2) is 12.8 Å². The molecule has 0 saturated heterocycles. The van der Waals surface area contributed by atoms with E-state index in [1.54, 1.807) is 10.8 Å². The van der Waals surface area contributed by atoms with Crippen molar-refractivity contribution in [2.75, 3.05) is 19.3 Å². The second kappa shape index (κ2) is 5.65. The Labute approximate surface area is 128 Å². The zero-order valence-corrected chi connectivity index (χ0v) is 13.0. The number of nitrogens with one attached hydrogen (secondary N) is 1. The van der Waals surface area contributed by atoms with Gasteiger partial charge in [-0.05, 0) is 18.2 Å². The number of amidine groups is 1. The molecule has 21 heavy (non-hydrogen) atoms. The average Bonchev–Trinajstić information content (AvgIpc) is 2.97. The fourth-order valence-corrected chi connectivity index (χ4v) is 3.26. The minimum atomic E-state index is -3.36. The SMILES string of the molecule is CS(=O)(=O)c1cn(CC2=NCCN2)c2cc(F)ccc12.Cl. The van der Waals surface area contributed by atoms with E-state index in [1.807, 2.05) is 0 Å². The number of nitrogens with zero attached hydrogens (tertiary/aromatic N) is 2. The number of fused-ring (bicyclic) bond motifs is 1. The molecular formula is C13H15ClFN3O2S. The van der Waals surface area contributed by atoms with Crippen LogP contribution in [-0.2, 0) is 16.4 Å². The van der Waals surface area contributed by atoms with E-state index in [0.717, 1.165) is 18.6 Å². The fourth-order valence-electron chi connectivity index (χ4n) is 2.37. The molecule has 8 heteroatoms. The smallest absolute Gasteiger partial charge is 0.177 e. The van der Waals surface area contributed by atoms with Crippen LogP contribution in [-0.4, -0.2) is 38.2 Å². The molecule has 0 fully saturated rings. The number of hydrogen-bond acceptors (Lipinski definition) is 4. The van der Waals surface area contributed by atoms with E-state index in [1.165, 1.54) is 18.2 Å². The Hall–Kier alpha value is -1.60. The Balaban J connectivity index is 0.00000161. The van der Waals surface area contributed by atoms with Gasteiger partial charge >= 0.3 is 0 Å². The third-order valence-electron chi connectivity index (χ3n) is 3.27. The molecule has 0 radical (unpaired) electrons. The first-order valence-corrected chi connectivity index (χ1v) is 8.10. The van der Waals surface area contributed by atoms with Crippen LogP contribution in [0.15, 0.2) is 34.3 Å². The minimum absolute atomic E-state index is 0. The number of sulfone groups is 1. The summed E-state index contributed by atoms with van der Waals surface area (Å²) in [5.74, 6) is 0.393. The zero-order valence-electron chi connectivity index (χ0n) is 11.3. The normalized spacial score (nSPS) is 14.7. The molecule has 2 heterocycles. The molecule has 5 nitrogen and oxygen atoms in total. The summed E-state index contributed by atoms with van der Waals surface area (Å²) >= 11 is 0. The fraction of sp³-hybridized carbons (Fsp3) is 0.308. The first kappa shape index (κ1) is 15.8. The Morgan fingerprint density at radius 3 is 2.81 bits per heavy atom. The molecule has 0 atom stereocenters. The van der Waals surface area contributed by atoms with Crippen LogP contribution in [0.25, 0.3) is 10.9 Å². The molecule has 3 rings (SSSR count). The summed E-state index contributed by atoms with van der Waals surface area (Å²) in [4.78, 5) is 4.49. The van der Waals surface area contributed by atoms with Crippen LogP contribution in [0.3, 0.4) is 0 Å². The van der Waals surface area contributed by atoms with E-state index < -0.39 is 15.7 Å². The highest BCUT2D eigenvalue weighted by Gasteiger charge is 2.18. The monoisotopic (exact) mass is 331 g/mol. The van der Waals surface area contributed by atoms with Gasteiger partial charge in [0, 0.05) is 24.4 Å². The maximum absolute atomic E-state index is 13.4. The van der Waals surface area contributed by atoms with Gasteiger partial charge < -0.3 is 9.88 Å². The number of benzene rings is 1. The summed E-state index contributed by atoms with van der Waals surface area (Å²) in [6, 6.07) is 4.12. The predicted octanol–water partition coefficient (Wildman–Crippen LogP) is 1.61. The van der Waals surface area contributed by atoms with Gasteiger partial charge in [-0.2, -0.15) is 0 Å². The summed E-state index contributed by atoms with van der Waals surface area (Å²) in [7, 11) is -3.36. The van der Waals surface area contributed by atoms with Crippen molar-refractivity contribution < 1.29 is 12.8 Å². The van der Waals surface area contributed by atoms with E-state index >= 15 is 0 Å². The Kier molecular flexibility index (Phi) is 4.25. The van der Waals surface area contributed by atoms with Crippen LogP contribution in [0.5, 0.6) is 0 Å². The van der Waals surface area contributed by atoms with Crippen molar-refractivity contribution in [3.63, 3.8) is 0 Å². The standard InChI is InChI=1S/C13H14FN3O2S.ClH/c1-20(18,19)12-7-17(8-13-15-4-5-16-13)11-6-9(14)2-3-10(11)12;/h2-3,6-7H,4-5,8H2,1H3,(H,15,16);1H. The predicted molar refractivity (Wildman–Crippen MR) is 82.6 cm³/mol. The van der Waals surface area contributed by atoms with Crippen molar-refractivity contribution in [3.05, 3.63) is 30.2 Å². The van der Waals surface area contributed by atoms with Crippen molar-refractivity contribution >= 4 is 39.0 Å². The molecule has 0 unspecified atom stereocenters. The number of rotatable bonds is 3. The summed E-state index contributed by atoms with van der Waals surface area (Å²) in [5, 5.41) is 3.65. The van der Waals surface area contributed by atoms with Gasteiger partial charge in [0.15, 0.2) is 9.84 Å². The molecule has 1 aromatic heterocycles. The summed E-state index contributed by atoms with van der Waals surface area (Å²) in [5.41, 5.74) is 0.557. The molecule has 114 valence electrons. The first-order chi connectivity index (χ1) is 9.45. The first-order valence-electron chi connectivity index (χ1n) is 6.21. The highest BCUT2D eigenvalue weighted by Crippen LogP contribution is 2.26. The summed E-state index contributed by atoms with van der Waals surface area (Å²) < 4.78 is 38.8. The van der Waals surface area contributed by atoms with Gasteiger partial charge in [0.25, 0.3) is 0 Å². The van der Waals surface area contributed by atoms with Crippen LogP contribution in [0.1, 0.15) is 0 Å². The van der Waals surface area contributed by atoms with E-state index in [0.29, 0.717) is 24.0 Å². The molecule has 1 aromatic carbocycles. The molecule has 0 bridgehead atoms. The van der Waals surface area contributed by atoms with Gasteiger partial charge in [-0.1, -0.05) is 0 Å². The van der Waals surface area contributed by atoms with Crippen molar-refractivity contribution in [1.29, 1.82) is 0 Å². The number of halogens is 2. The van der Waals surface area contributed by atoms with Crippen molar-refractivity contribution in [2.24, 2.45) is 4.99 Å². The lowest BCUT2D eigenvalue weighted by atomic mass is 10.2. The zero-order chi connectivity index (χ0) is 14.3. The maximum atomic E-state index is 13.4. The molecule has 0 spiro atoms. The lowest BCUT2D eigenvalue weighted by Crippen LogP contribution is -2.23. The summed E-state index contributed by atoms with van der Waals surface area (Å²) in [6.45, 7) is 1.90. The average molecular weight is 332 g/mol. The van der Waals surface area contributed by atoms with E-state index in [9.17, 15) is 12.8 Å². The van der Waals surface area contributed by atoms with Crippen molar-refractivity contribution in [1.82, 2.24) is 9.88 Å². The Morgan fingerprint density at radius 2 is 2.19 bits per heavy atom. The summed E-state index contributed by atoms with van der Waals surface area (Å²) in [6.07, 6.45) is 2.70. The topological polar surface area (TPSA) is 63.5 Å². The lowest BCUT2D eigenvalue weighted by molar-refractivity contribution is 0.602. The molecule has 0 amide bonds. The molecule has 1 N–H and O–H groups in total. The van der Waals surface area contributed by atoms with Gasteiger partial charge in [-0.15, -0.1) is 12.4 Å². The molecular weight excluding hydrogens is 317 g/mol. The van der Waals surface area contributed by atoms with Crippen LogP contribution in [0.2, 0.25) is 0 Å². The third-order valence-corrected chi connectivity index (χ3v) is 4.40. The van der Waals surface area contributed by atoms with Gasteiger partial charge in [0.05, 0.1) is 23.5 Å². The largest absolute Gasteiger partial charge is 0.370 e. The van der Waals surface area contributed by atoms with Gasteiger partial charge in [-0.3, -0.25) is 4.99 Å². The minimum Gasteiger partial charge on any atom is -0.370 e. The Bertz CT molecular complexity index is 814. The van der Waals surface area contributed by atoms with Crippen LogP contribution in [0, 0.1) is 5.82 Å². The number of aromatic nitrogens is 1. The molecule has 1 aliphatic heterocycles. The van der Waals surface area contributed by atoms with Crippen molar-refractivity contribution in [3.8, 4) is 0 Å². The Morgan fingerprint density at radius 1 is 1.43 bits per heavy atom. The van der Waals surface area contributed by atoms with Crippen LogP contribution < -0.4 is 5.32 Å². The van der Waals surface area contributed by atoms with Crippen LogP contribution in [0.4, 0.5) is 4.39 Å². The molecule has 2 aromatic rings. The third kappa shape index (κ3) is 3.03. The second-order valence-electron chi connectivity index (χ2n) is 4.81. The lowest BCUT2D eigenvalue weighted by Gasteiger charge is -2.05. The highest BCUT2D eigenvalue weighted by atomic mass is 35.5. The maximum Gasteiger partial charge on any atom is 0.177 e. The second-order valence-corrected chi connectivity index (χ2v) is 6.79. The van der Waals surface area contributed by atoms with Crippen molar-refractivity contribution in [2.45, 2.75) is 11.4 Å². The molecule has 0 aliphatic carbocycles. The molecule has 1 aliphatic rings. The van der Waals surface area contributed by atoms with E-state index in [2.05, 4.69) is 10.3 Å². The quantitative estimate of drug-likeness (QED) is 0.929.